The van der Waals surface area contributed by atoms with Crippen LogP contribution in [0.25, 0.3) is 0 Å². The highest BCUT2D eigenvalue weighted by Crippen LogP contribution is 2.55. The van der Waals surface area contributed by atoms with Crippen LogP contribution >= 0.6 is 0 Å². The summed E-state index contributed by atoms with van der Waals surface area (Å²) < 4.78 is 28.6. The molecule has 3 heterocycles. The van der Waals surface area contributed by atoms with Crippen molar-refractivity contribution in [2.24, 2.45) is 0 Å². The number of carbonyl (C=O) groups is 2. The third-order valence-electron chi connectivity index (χ3n) is 8.53. The van der Waals surface area contributed by atoms with Gasteiger partial charge in [0.1, 0.15) is 5.76 Å². The minimum atomic E-state index is -2.20. The van der Waals surface area contributed by atoms with Gasteiger partial charge in [-0.2, -0.15) is 0 Å². The summed E-state index contributed by atoms with van der Waals surface area (Å²) in [6.07, 6.45) is 2.77. The summed E-state index contributed by atoms with van der Waals surface area (Å²) in [6, 6.07) is 4.00. The fourth-order valence-corrected chi connectivity index (χ4v) is 6.64. The second-order valence-corrected chi connectivity index (χ2v) is 12.3. The Morgan fingerprint density at radius 3 is 2.55 bits per heavy atom. The van der Waals surface area contributed by atoms with E-state index in [-0.39, 0.29) is 25.6 Å². The van der Waals surface area contributed by atoms with Crippen molar-refractivity contribution in [1.29, 1.82) is 0 Å². The predicted molar refractivity (Wildman–Crippen MR) is 144 cm³/mol. The Bertz CT molecular complexity index is 1190. The first-order valence-electron chi connectivity index (χ1n) is 14.1. The van der Waals surface area contributed by atoms with Crippen LogP contribution in [-0.4, -0.2) is 83.0 Å². The van der Waals surface area contributed by atoms with Crippen LogP contribution in [-0.2, 0) is 30.2 Å². The van der Waals surface area contributed by atoms with E-state index in [0.717, 1.165) is 43.5 Å². The molecule has 10 heteroatoms. The van der Waals surface area contributed by atoms with E-state index in [1.807, 2.05) is 12.1 Å². The van der Waals surface area contributed by atoms with Crippen LogP contribution in [0.1, 0.15) is 76.8 Å². The number of nitrogens with zero attached hydrogens (tertiary/aromatic N) is 1. The fraction of sp³-hybridized carbons (Fsp3) is 0.667. The molecule has 0 unspecified atom stereocenters. The smallest absolute Gasteiger partial charge is 0.339 e. The number of aliphatic hydroxyl groups is 2. The molecule has 4 atom stereocenters. The molecule has 2 N–H and O–H groups in total. The Morgan fingerprint density at radius 2 is 1.88 bits per heavy atom. The van der Waals surface area contributed by atoms with Crippen molar-refractivity contribution in [3.8, 4) is 11.5 Å². The van der Waals surface area contributed by atoms with Gasteiger partial charge >= 0.3 is 11.9 Å². The Morgan fingerprint density at radius 1 is 1.15 bits per heavy atom. The van der Waals surface area contributed by atoms with Crippen LogP contribution < -0.4 is 9.47 Å². The van der Waals surface area contributed by atoms with E-state index < -0.39 is 47.3 Å². The van der Waals surface area contributed by atoms with Gasteiger partial charge in [0.05, 0.1) is 36.7 Å². The van der Waals surface area contributed by atoms with E-state index in [4.69, 9.17) is 23.7 Å². The minimum absolute atomic E-state index is 0.0681. The zero-order valence-corrected chi connectivity index (χ0v) is 24.0. The molecule has 1 aromatic carbocycles. The summed E-state index contributed by atoms with van der Waals surface area (Å²) in [5.41, 5.74) is -1.71. The molecule has 1 saturated heterocycles. The van der Waals surface area contributed by atoms with Crippen molar-refractivity contribution in [3.63, 3.8) is 0 Å². The number of rotatable bonds is 9. The lowest BCUT2D eigenvalue weighted by Gasteiger charge is -2.39. The van der Waals surface area contributed by atoms with Crippen molar-refractivity contribution in [3.05, 3.63) is 35.1 Å². The van der Waals surface area contributed by atoms with Crippen LogP contribution in [0.2, 0.25) is 0 Å². The van der Waals surface area contributed by atoms with Crippen LogP contribution in [0.15, 0.2) is 24.0 Å². The Hall–Kier alpha value is -2.82. The van der Waals surface area contributed by atoms with Crippen LogP contribution in [0.5, 0.6) is 11.5 Å². The highest BCUT2D eigenvalue weighted by molar-refractivity contribution is 5.86. The number of hydrogen-bond acceptors (Lipinski definition) is 10. The number of ether oxygens (including phenoxy) is 5. The van der Waals surface area contributed by atoms with Crippen LogP contribution in [0.4, 0.5) is 0 Å². The first-order chi connectivity index (χ1) is 18.8. The second-order valence-electron chi connectivity index (χ2n) is 12.3. The molecule has 1 aromatic rings. The molecular formula is C30H41NO9. The van der Waals surface area contributed by atoms with E-state index >= 15 is 0 Å². The summed E-state index contributed by atoms with van der Waals surface area (Å²) >= 11 is 0. The van der Waals surface area contributed by atoms with Crippen molar-refractivity contribution in [1.82, 2.24) is 4.90 Å². The van der Waals surface area contributed by atoms with E-state index in [9.17, 15) is 19.8 Å². The number of hydrogen-bond donors (Lipinski definition) is 2. The first kappa shape index (κ1) is 28.7. The topological polar surface area (TPSA) is 124 Å². The molecule has 220 valence electrons. The van der Waals surface area contributed by atoms with Gasteiger partial charge in [0.25, 0.3) is 0 Å². The van der Waals surface area contributed by atoms with Crippen molar-refractivity contribution >= 4 is 11.9 Å². The zero-order valence-electron chi connectivity index (χ0n) is 24.0. The van der Waals surface area contributed by atoms with Gasteiger partial charge < -0.3 is 33.9 Å². The Kier molecular flexibility index (Phi) is 7.56. The zero-order chi connectivity index (χ0) is 28.9. The van der Waals surface area contributed by atoms with Gasteiger partial charge in [-0.1, -0.05) is 0 Å². The molecule has 5 rings (SSSR count). The number of carbonyl (C=O) groups excluding carboxylic acids is 2. The Labute approximate surface area is 235 Å². The lowest BCUT2D eigenvalue weighted by atomic mass is 9.77. The van der Waals surface area contributed by atoms with Crippen molar-refractivity contribution in [2.75, 3.05) is 27.0 Å². The molecule has 0 saturated carbocycles. The monoisotopic (exact) mass is 559 g/mol. The normalized spacial score (nSPS) is 26.8. The maximum absolute atomic E-state index is 13.9. The summed E-state index contributed by atoms with van der Waals surface area (Å²) in [4.78, 5) is 28.9. The van der Waals surface area contributed by atoms with E-state index in [1.54, 1.807) is 34.8 Å². The van der Waals surface area contributed by atoms with Crippen LogP contribution in [0, 0.1) is 0 Å². The third kappa shape index (κ3) is 5.29. The lowest BCUT2D eigenvalue weighted by molar-refractivity contribution is -0.180. The van der Waals surface area contributed by atoms with Gasteiger partial charge in [0.15, 0.2) is 23.2 Å². The van der Waals surface area contributed by atoms with Gasteiger partial charge in [-0.15, -0.1) is 0 Å². The van der Waals surface area contributed by atoms with E-state index in [2.05, 4.69) is 11.0 Å². The molecular weight excluding hydrogens is 518 g/mol. The quantitative estimate of drug-likeness (QED) is 0.437. The number of fused-ring (bicyclic) bond motifs is 3. The van der Waals surface area contributed by atoms with Gasteiger partial charge in [-0.25, -0.2) is 4.79 Å². The molecule has 1 spiro atoms. The van der Waals surface area contributed by atoms with Gasteiger partial charge in [0.2, 0.25) is 6.79 Å². The standard InChI is InChI=1S/C30H41NO9/c1-18(2)39-24(32)16-30(35,10-9-28(3,4)34)27(33)40-26-23(36-5)15-29-8-6-11-31(29)12-7-19-13-21-22(38-17-37-21)14-20(19)25(26)29/h13-15,18,25-26,34-35H,6-12,16-17H2,1-5H3/t25-,26-,29+,30-/m1/s1. The summed E-state index contributed by atoms with van der Waals surface area (Å²) in [5, 5.41) is 22.0. The van der Waals surface area contributed by atoms with Crippen molar-refractivity contribution < 1.29 is 43.5 Å². The summed E-state index contributed by atoms with van der Waals surface area (Å²) in [6.45, 7) is 8.44. The lowest BCUT2D eigenvalue weighted by Crippen LogP contribution is -2.49. The molecule has 3 aliphatic heterocycles. The highest BCUT2D eigenvalue weighted by atomic mass is 16.7. The minimum Gasteiger partial charge on any atom is -0.497 e. The van der Waals surface area contributed by atoms with Gasteiger partial charge in [-0.05, 0) is 95.7 Å². The van der Waals surface area contributed by atoms with Gasteiger partial charge in [0, 0.05) is 6.54 Å². The number of methoxy groups -OCH3 is 1. The van der Waals surface area contributed by atoms with E-state index in [0.29, 0.717) is 17.3 Å². The molecule has 0 aromatic heterocycles. The molecule has 1 fully saturated rings. The van der Waals surface area contributed by atoms with E-state index in [1.165, 1.54) is 0 Å². The highest BCUT2D eigenvalue weighted by Gasteiger charge is 2.59. The molecule has 1 aliphatic carbocycles. The number of benzene rings is 1. The fourth-order valence-electron chi connectivity index (χ4n) is 6.64. The maximum Gasteiger partial charge on any atom is 0.339 e. The molecule has 0 bridgehead atoms. The maximum atomic E-state index is 13.9. The van der Waals surface area contributed by atoms with Crippen molar-refractivity contribution in [2.45, 2.75) is 101 Å². The molecule has 40 heavy (non-hydrogen) atoms. The van der Waals surface area contributed by atoms with Crippen LogP contribution in [0.3, 0.4) is 0 Å². The SMILES string of the molecule is COC1=C[C@]23CCCN2CCc2cc4c(cc2[C@@H]3[C@@H]1OC(=O)[C@@](O)(CCC(C)(C)O)CC(=O)OC(C)C)OCO4. The largest absolute Gasteiger partial charge is 0.497 e. The summed E-state index contributed by atoms with van der Waals surface area (Å²) in [5.74, 6) is -0.128. The number of esters is 2. The molecule has 10 nitrogen and oxygen atoms in total. The van der Waals surface area contributed by atoms with Gasteiger partial charge in [-0.3, -0.25) is 9.69 Å². The molecule has 0 amide bonds. The summed E-state index contributed by atoms with van der Waals surface area (Å²) in [7, 11) is 1.55. The third-order valence-corrected chi connectivity index (χ3v) is 8.53. The first-order valence-corrected chi connectivity index (χ1v) is 14.1. The molecule has 4 aliphatic rings. The second kappa shape index (κ2) is 10.5. The Balaban J connectivity index is 1.51. The molecule has 0 radical (unpaired) electrons. The average molecular weight is 560 g/mol. The average Bonchev–Trinajstić information content (AvgIpc) is 3.55. The predicted octanol–water partition coefficient (Wildman–Crippen LogP) is 2.97.